The van der Waals surface area contributed by atoms with Gasteiger partial charge in [-0.25, -0.2) is 4.39 Å². The summed E-state index contributed by atoms with van der Waals surface area (Å²) in [4.78, 5) is 15.8. The Kier molecular flexibility index (Phi) is 6.37. The van der Waals surface area contributed by atoms with Crippen molar-refractivity contribution in [1.29, 1.82) is 0 Å². The summed E-state index contributed by atoms with van der Waals surface area (Å²) in [6.45, 7) is 4.66. The molecule has 6 rings (SSSR count). The first-order valence-corrected chi connectivity index (χ1v) is 13.1. The van der Waals surface area contributed by atoms with Gasteiger partial charge in [0.1, 0.15) is 11.6 Å². The molecule has 0 atom stereocenters. The molecule has 1 fully saturated rings. The second-order valence-corrected chi connectivity index (χ2v) is 10.5. The molecule has 1 N–H and O–H groups in total. The number of halogens is 2. The van der Waals surface area contributed by atoms with Crippen LogP contribution in [0.25, 0.3) is 28.1 Å². The van der Waals surface area contributed by atoms with Crippen LogP contribution < -0.4 is 5.56 Å². The number of para-hydroxylation sites is 1. The van der Waals surface area contributed by atoms with Crippen molar-refractivity contribution in [2.75, 3.05) is 13.1 Å². The van der Waals surface area contributed by atoms with Gasteiger partial charge in [0, 0.05) is 17.1 Å². The van der Waals surface area contributed by atoms with Gasteiger partial charge < -0.3 is 5.11 Å². The van der Waals surface area contributed by atoms with Gasteiger partial charge in [0.05, 0.1) is 23.0 Å². The molecule has 5 aromatic rings. The number of piperidine rings is 1. The van der Waals surface area contributed by atoms with Crippen LogP contribution in [0.5, 0.6) is 5.75 Å². The normalized spacial score (nSPS) is 15.0. The van der Waals surface area contributed by atoms with Crippen molar-refractivity contribution in [2.24, 2.45) is 5.92 Å². The Bertz CT molecular complexity index is 1720. The molecule has 1 saturated heterocycles. The summed E-state index contributed by atoms with van der Waals surface area (Å²) < 4.78 is 18.2. The molecule has 7 nitrogen and oxygen atoms in total. The third-order valence-corrected chi connectivity index (χ3v) is 7.83. The minimum Gasteiger partial charge on any atom is -0.507 e. The Balaban J connectivity index is 1.53. The number of phenolic OH excluding ortho intramolecular Hbond substituents is 1. The molecule has 0 radical (unpaired) electrons. The van der Waals surface area contributed by atoms with E-state index in [0.29, 0.717) is 34.0 Å². The SMILES string of the molecule is CC1CCN(Cc2cc(F)cc(-c3nnc4n(Cc5ccccc5Cl)c(=O)c5ccccc5n34)c2O)CC1. The van der Waals surface area contributed by atoms with Crippen LogP contribution in [0.4, 0.5) is 4.39 Å². The van der Waals surface area contributed by atoms with E-state index in [2.05, 4.69) is 22.0 Å². The number of likely N-dealkylation sites (tertiary alicyclic amines) is 1. The molecule has 0 amide bonds. The Labute approximate surface area is 223 Å². The van der Waals surface area contributed by atoms with Gasteiger partial charge in [-0.15, -0.1) is 10.2 Å². The third kappa shape index (κ3) is 4.33. The van der Waals surface area contributed by atoms with Crippen LogP contribution in [0.2, 0.25) is 5.02 Å². The molecule has 0 unspecified atom stereocenters. The molecule has 3 heterocycles. The first kappa shape index (κ1) is 24.6. The van der Waals surface area contributed by atoms with E-state index in [0.717, 1.165) is 31.5 Å². The Morgan fingerprint density at radius 1 is 1.00 bits per heavy atom. The monoisotopic (exact) mass is 531 g/mol. The minimum atomic E-state index is -0.469. The molecular formula is C29H27ClFN5O2. The summed E-state index contributed by atoms with van der Waals surface area (Å²) in [7, 11) is 0. The van der Waals surface area contributed by atoms with Crippen LogP contribution in [0.3, 0.4) is 0 Å². The highest BCUT2D eigenvalue weighted by molar-refractivity contribution is 6.31. The van der Waals surface area contributed by atoms with Gasteiger partial charge in [0.25, 0.3) is 5.56 Å². The molecule has 1 aliphatic heterocycles. The number of hydrogen-bond acceptors (Lipinski definition) is 5. The average molecular weight is 532 g/mol. The molecule has 0 saturated carbocycles. The van der Waals surface area contributed by atoms with Gasteiger partial charge in [0.15, 0.2) is 5.82 Å². The maximum atomic E-state index is 14.9. The first-order chi connectivity index (χ1) is 18.4. The molecule has 194 valence electrons. The zero-order chi connectivity index (χ0) is 26.4. The zero-order valence-corrected chi connectivity index (χ0v) is 21.7. The Morgan fingerprint density at radius 3 is 2.53 bits per heavy atom. The predicted octanol–water partition coefficient (Wildman–Crippen LogP) is 5.49. The number of phenols is 1. The fourth-order valence-electron chi connectivity index (χ4n) is 5.28. The molecular weight excluding hydrogens is 505 g/mol. The van der Waals surface area contributed by atoms with E-state index < -0.39 is 5.82 Å². The molecule has 38 heavy (non-hydrogen) atoms. The topological polar surface area (TPSA) is 75.7 Å². The highest BCUT2D eigenvalue weighted by Gasteiger charge is 2.24. The second kappa shape index (κ2) is 9.85. The van der Waals surface area contributed by atoms with E-state index in [4.69, 9.17) is 11.6 Å². The van der Waals surface area contributed by atoms with Crippen LogP contribution in [0.15, 0.2) is 65.5 Å². The summed E-state index contributed by atoms with van der Waals surface area (Å²) in [5.41, 5.74) is 1.81. The predicted molar refractivity (Wildman–Crippen MR) is 146 cm³/mol. The van der Waals surface area contributed by atoms with Crippen molar-refractivity contribution in [3.05, 3.63) is 93.0 Å². The maximum Gasteiger partial charge on any atom is 0.263 e. The number of rotatable bonds is 5. The quantitative estimate of drug-likeness (QED) is 0.324. The van der Waals surface area contributed by atoms with E-state index >= 15 is 0 Å². The lowest BCUT2D eigenvalue weighted by Crippen LogP contribution is -2.32. The van der Waals surface area contributed by atoms with E-state index in [9.17, 15) is 14.3 Å². The highest BCUT2D eigenvalue weighted by Crippen LogP contribution is 2.35. The van der Waals surface area contributed by atoms with Gasteiger partial charge >= 0.3 is 0 Å². The third-order valence-electron chi connectivity index (χ3n) is 7.46. The van der Waals surface area contributed by atoms with Gasteiger partial charge in [-0.3, -0.25) is 18.7 Å². The summed E-state index contributed by atoms with van der Waals surface area (Å²) in [5.74, 6) is 0.700. The van der Waals surface area contributed by atoms with Crippen LogP contribution in [0.1, 0.15) is 30.9 Å². The van der Waals surface area contributed by atoms with E-state index in [1.54, 1.807) is 28.7 Å². The Morgan fingerprint density at radius 2 is 1.74 bits per heavy atom. The van der Waals surface area contributed by atoms with Crippen molar-refractivity contribution in [3.8, 4) is 17.1 Å². The molecule has 0 spiro atoms. The fourth-order valence-corrected chi connectivity index (χ4v) is 5.48. The van der Waals surface area contributed by atoms with Crippen LogP contribution in [-0.2, 0) is 13.1 Å². The molecule has 0 aliphatic carbocycles. The summed E-state index contributed by atoms with van der Waals surface area (Å²) in [6, 6.07) is 17.1. The van der Waals surface area contributed by atoms with Crippen molar-refractivity contribution >= 4 is 28.3 Å². The minimum absolute atomic E-state index is 0.0349. The summed E-state index contributed by atoms with van der Waals surface area (Å²) >= 11 is 6.40. The molecule has 9 heteroatoms. The van der Waals surface area contributed by atoms with E-state index in [-0.39, 0.29) is 35.0 Å². The van der Waals surface area contributed by atoms with Crippen LogP contribution in [-0.4, -0.2) is 42.3 Å². The van der Waals surface area contributed by atoms with Crippen molar-refractivity contribution < 1.29 is 9.50 Å². The number of fused-ring (bicyclic) bond motifs is 3. The number of hydrogen-bond donors (Lipinski definition) is 1. The number of aromatic nitrogens is 4. The average Bonchev–Trinajstić information content (AvgIpc) is 3.36. The lowest BCUT2D eigenvalue weighted by molar-refractivity contribution is 0.183. The summed E-state index contributed by atoms with van der Waals surface area (Å²) in [5, 5.41) is 21.0. The fraction of sp³-hybridized carbons (Fsp3) is 0.276. The number of aromatic hydroxyl groups is 1. The van der Waals surface area contributed by atoms with Crippen molar-refractivity contribution in [1.82, 2.24) is 24.1 Å². The molecule has 2 aromatic heterocycles. The molecule has 3 aromatic carbocycles. The van der Waals surface area contributed by atoms with E-state index in [1.165, 1.54) is 16.7 Å². The van der Waals surface area contributed by atoms with Crippen molar-refractivity contribution in [3.63, 3.8) is 0 Å². The van der Waals surface area contributed by atoms with Crippen LogP contribution in [0, 0.1) is 11.7 Å². The molecule has 1 aliphatic rings. The Hall–Kier alpha value is -3.75. The number of benzene rings is 3. The maximum absolute atomic E-state index is 14.9. The number of nitrogens with zero attached hydrogens (tertiary/aromatic N) is 5. The highest BCUT2D eigenvalue weighted by atomic mass is 35.5. The second-order valence-electron chi connectivity index (χ2n) is 10.1. The first-order valence-electron chi connectivity index (χ1n) is 12.7. The lowest BCUT2D eigenvalue weighted by Gasteiger charge is -2.30. The van der Waals surface area contributed by atoms with Crippen LogP contribution >= 0.6 is 11.6 Å². The lowest BCUT2D eigenvalue weighted by atomic mass is 9.98. The van der Waals surface area contributed by atoms with Gasteiger partial charge in [-0.05, 0) is 67.7 Å². The largest absolute Gasteiger partial charge is 0.507 e. The standard InChI is InChI=1S/C29H27ClFN5O2/c1-18-10-12-34(13-11-18)16-20-14-21(31)15-23(26(20)37)27-32-33-29-35(17-19-6-2-4-8-24(19)30)28(38)22-7-3-5-9-25(22)36(27)29/h2-9,14-15,18,37H,10-13,16-17H2,1H3. The van der Waals surface area contributed by atoms with Crippen molar-refractivity contribution in [2.45, 2.75) is 32.9 Å². The van der Waals surface area contributed by atoms with Gasteiger partial charge in [-0.1, -0.05) is 48.9 Å². The van der Waals surface area contributed by atoms with E-state index in [1.807, 2.05) is 24.3 Å². The molecule has 0 bridgehead atoms. The van der Waals surface area contributed by atoms with Gasteiger partial charge in [0.2, 0.25) is 5.78 Å². The zero-order valence-electron chi connectivity index (χ0n) is 20.9. The summed E-state index contributed by atoms with van der Waals surface area (Å²) in [6.07, 6.45) is 2.15. The smallest absolute Gasteiger partial charge is 0.263 e. The van der Waals surface area contributed by atoms with Gasteiger partial charge in [-0.2, -0.15) is 0 Å².